The number of benzene rings is 2. The summed E-state index contributed by atoms with van der Waals surface area (Å²) in [6.45, 7) is 2.97. The van der Waals surface area contributed by atoms with E-state index in [0.29, 0.717) is 13.1 Å². The van der Waals surface area contributed by atoms with Crippen molar-refractivity contribution in [2.75, 3.05) is 38.6 Å². The minimum absolute atomic E-state index is 0.00200. The third-order valence-electron chi connectivity index (χ3n) is 4.87. The average Bonchev–Trinajstić information content (AvgIpc) is 2.64. The second-order valence-electron chi connectivity index (χ2n) is 7.44. The van der Waals surface area contributed by atoms with Crippen LogP contribution in [0.25, 0.3) is 0 Å². The van der Waals surface area contributed by atoms with Crippen LogP contribution in [0.2, 0.25) is 0 Å². The lowest BCUT2D eigenvalue weighted by molar-refractivity contribution is -0.140. The molecule has 0 spiro atoms. The number of carbonyl (C=O) groups excluding carboxylic acids is 2. The van der Waals surface area contributed by atoms with Gasteiger partial charge >= 0.3 is 0 Å². The van der Waals surface area contributed by atoms with Gasteiger partial charge in [0.1, 0.15) is 6.54 Å². The largest absolute Gasteiger partial charge is 0.327 e. The van der Waals surface area contributed by atoms with Crippen molar-refractivity contribution in [3.05, 3.63) is 65.7 Å². The van der Waals surface area contributed by atoms with E-state index in [9.17, 15) is 9.59 Å². The highest BCUT2D eigenvalue weighted by Gasteiger charge is 2.35. The van der Waals surface area contributed by atoms with Gasteiger partial charge in [-0.1, -0.05) is 48.0 Å². The van der Waals surface area contributed by atoms with Crippen LogP contribution in [0, 0.1) is 6.92 Å². The first kappa shape index (κ1) is 19.1. The van der Waals surface area contributed by atoms with Crippen molar-refractivity contribution in [3.63, 3.8) is 0 Å². The van der Waals surface area contributed by atoms with E-state index in [2.05, 4.69) is 12.1 Å². The van der Waals surface area contributed by atoms with E-state index in [0.717, 1.165) is 17.7 Å². The van der Waals surface area contributed by atoms with Crippen molar-refractivity contribution in [2.45, 2.75) is 19.4 Å². The average molecular weight is 365 g/mol. The van der Waals surface area contributed by atoms with E-state index in [1.54, 1.807) is 4.90 Å². The molecule has 0 aromatic heterocycles. The summed E-state index contributed by atoms with van der Waals surface area (Å²) in [6.07, 6.45) is 0.732. The molecule has 2 aromatic carbocycles. The lowest BCUT2D eigenvalue weighted by atomic mass is 10.0. The van der Waals surface area contributed by atoms with Gasteiger partial charge < -0.3 is 14.7 Å². The van der Waals surface area contributed by atoms with Gasteiger partial charge in [-0.15, -0.1) is 0 Å². The fourth-order valence-corrected chi connectivity index (χ4v) is 3.46. The fraction of sp³-hybridized carbons (Fsp3) is 0.364. The molecule has 1 fully saturated rings. The minimum Gasteiger partial charge on any atom is -0.327 e. The first-order valence-corrected chi connectivity index (χ1v) is 9.29. The molecular weight excluding hydrogens is 338 g/mol. The topological polar surface area (TPSA) is 43.9 Å². The Balaban J connectivity index is 1.85. The molecule has 0 radical (unpaired) electrons. The number of likely N-dealkylation sites (N-methyl/N-ethyl adjacent to an activating group) is 1. The molecular formula is C22H27N3O2. The molecule has 1 heterocycles. The Hall–Kier alpha value is -2.66. The van der Waals surface area contributed by atoms with Crippen LogP contribution in [-0.4, -0.2) is 61.4 Å². The Morgan fingerprint density at radius 3 is 2.37 bits per heavy atom. The molecule has 3 rings (SSSR count). The van der Waals surface area contributed by atoms with Gasteiger partial charge in [-0.2, -0.15) is 0 Å². The Kier molecular flexibility index (Phi) is 5.91. The molecule has 1 atom stereocenters. The molecule has 5 nitrogen and oxygen atoms in total. The van der Waals surface area contributed by atoms with Crippen molar-refractivity contribution in [2.24, 2.45) is 0 Å². The predicted molar refractivity (Wildman–Crippen MR) is 108 cm³/mol. The number of carbonyl (C=O) groups is 2. The zero-order valence-corrected chi connectivity index (χ0v) is 16.3. The number of rotatable bonds is 5. The molecule has 27 heavy (non-hydrogen) atoms. The molecule has 2 aromatic rings. The minimum atomic E-state index is -0.0427. The summed E-state index contributed by atoms with van der Waals surface area (Å²) < 4.78 is 0. The molecule has 142 valence electrons. The van der Waals surface area contributed by atoms with Crippen LogP contribution >= 0.6 is 0 Å². The van der Waals surface area contributed by atoms with E-state index in [1.807, 2.05) is 73.3 Å². The quantitative estimate of drug-likeness (QED) is 0.817. The maximum Gasteiger partial charge on any atom is 0.246 e. The molecule has 5 heteroatoms. The van der Waals surface area contributed by atoms with E-state index in [4.69, 9.17) is 0 Å². The molecule has 0 bridgehead atoms. The lowest BCUT2D eigenvalue weighted by Gasteiger charge is -2.41. The summed E-state index contributed by atoms with van der Waals surface area (Å²) >= 11 is 0. The van der Waals surface area contributed by atoms with Crippen LogP contribution in [-0.2, 0) is 16.0 Å². The Morgan fingerprint density at radius 2 is 1.74 bits per heavy atom. The van der Waals surface area contributed by atoms with Gasteiger partial charge in [0.2, 0.25) is 11.8 Å². The summed E-state index contributed by atoms with van der Waals surface area (Å²) in [5.74, 6) is -0.0342. The van der Waals surface area contributed by atoms with Crippen molar-refractivity contribution in [3.8, 4) is 0 Å². The first-order valence-electron chi connectivity index (χ1n) is 9.29. The van der Waals surface area contributed by atoms with Crippen molar-refractivity contribution >= 4 is 17.5 Å². The van der Waals surface area contributed by atoms with Crippen LogP contribution in [0.15, 0.2) is 54.6 Å². The fourth-order valence-electron chi connectivity index (χ4n) is 3.46. The summed E-state index contributed by atoms with van der Waals surface area (Å²) in [5, 5.41) is 0. The number of piperazine rings is 1. The summed E-state index contributed by atoms with van der Waals surface area (Å²) in [6, 6.07) is 18.1. The van der Waals surface area contributed by atoms with Crippen LogP contribution in [0.4, 0.5) is 5.69 Å². The molecule has 1 aliphatic rings. The number of amides is 2. The molecule has 2 amide bonds. The Morgan fingerprint density at radius 1 is 1.07 bits per heavy atom. The smallest absolute Gasteiger partial charge is 0.246 e. The van der Waals surface area contributed by atoms with Crippen LogP contribution in [0.5, 0.6) is 0 Å². The zero-order valence-electron chi connectivity index (χ0n) is 16.3. The van der Waals surface area contributed by atoms with Crippen molar-refractivity contribution in [1.29, 1.82) is 0 Å². The number of hydrogen-bond acceptors (Lipinski definition) is 3. The van der Waals surface area contributed by atoms with Crippen molar-refractivity contribution < 1.29 is 9.59 Å². The second kappa shape index (κ2) is 8.35. The van der Waals surface area contributed by atoms with Gasteiger partial charge in [0.25, 0.3) is 0 Å². The maximum atomic E-state index is 12.8. The van der Waals surface area contributed by atoms with E-state index < -0.39 is 0 Å². The standard InChI is InChI=1S/C22H27N3O2/c1-17-9-11-19(12-10-17)24-14-20(13-18-7-5-4-6-8-18)25(16-22(24)27)21(26)15-23(2)3/h4-12,20H,13-16H2,1-3H3. The second-order valence-corrected chi connectivity index (χ2v) is 7.44. The first-order chi connectivity index (χ1) is 12.9. The highest BCUT2D eigenvalue weighted by Crippen LogP contribution is 2.23. The predicted octanol–water partition coefficient (Wildman–Crippen LogP) is 2.34. The maximum absolute atomic E-state index is 12.8. The van der Waals surface area contributed by atoms with Gasteiger partial charge in [0.15, 0.2) is 0 Å². The normalized spacial score (nSPS) is 17.5. The Labute approximate surface area is 161 Å². The molecule has 1 aliphatic heterocycles. The molecule has 0 aliphatic carbocycles. The number of aryl methyl sites for hydroxylation is 1. The van der Waals surface area contributed by atoms with Crippen LogP contribution < -0.4 is 4.90 Å². The number of nitrogens with zero attached hydrogens (tertiary/aromatic N) is 3. The van der Waals surface area contributed by atoms with Gasteiger partial charge in [-0.3, -0.25) is 9.59 Å². The van der Waals surface area contributed by atoms with E-state index in [-0.39, 0.29) is 24.4 Å². The molecule has 1 saturated heterocycles. The van der Waals surface area contributed by atoms with Gasteiger partial charge in [-0.05, 0) is 45.1 Å². The monoisotopic (exact) mass is 365 g/mol. The number of hydrogen-bond donors (Lipinski definition) is 0. The van der Waals surface area contributed by atoms with Crippen LogP contribution in [0.3, 0.4) is 0 Å². The molecule has 1 unspecified atom stereocenters. The van der Waals surface area contributed by atoms with Crippen molar-refractivity contribution in [1.82, 2.24) is 9.80 Å². The van der Waals surface area contributed by atoms with Gasteiger partial charge in [0.05, 0.1) is 12.6 Å². The van der Waals surface area contributed by atoms with E-state index in [1.165, 1.54) is 5.56 Å². The highest BCUT2D eigenvalue weighted by atomic mass is 16.2. The summed E-state index contributed by atoms with van der Waals surface area (Å²) in [4.78, 5) is 31.0. The molecule has 0 N–H and O–H groups in total. The van der Waals surface area contributed by atoms with Gasteiger partial charge in [-0.25, -0.2) is 0 Å². The SMILES string of the molecule is Cc1ccc(N2CC(Cc3ccccc3)N(C(=O)CN(C)C)CC2=O)cc1. The van der Waals surface area contributed by atoms with Gasteiger partial charge in [0, 0.05) is 12.2 Å². The Bertz CT molecular complexity index is 787. The highest BCUT2D eigenvalue weighted by molar-refractivity contribution is 5.98. The third-order valence-corrected chi connectivity index (χ3v) is 4.87. The third kappa shape index (κ3) is 4.74. The summed E-state index contributed by atoms with van der Waals surface area (Å²) in [7, 11) is 3.74. The number of anilines is 1. The van der Waals surface area contributed by atoms with Crippen LogP contribution in [0.1, 0.15) is 11.1 Å². The van der Waals surface area contributed by atoms with E-state index >= 15 is 0 Å². The zero-order chi connectivity index (χ0) is 19.4. The lowest BCUT2D eigenvalue weighted by Crippen LogP contribution is -2.60. The molecule has 0 saturated carbocycles. The summed E-state index contributed by atoms with van der Waals surface area (Å²) in [5.41, 5.74) is 3.22.